The number of rotatable bonds is 0. The van der Waals surface area contributed by atoms with Gasteiger partial charge in [0, 0.05) is 0 Å². The molecule has 0 aliphatic rings. The van der Waals surface area contributed by atoms with E-state index in [1.165, 1.54) is 0 Å². The second-order valence-corrected chi connectivity index (χ2v) is 1.44. The van der Waals surface area contributed by atoms with Gasteiger partial charge in [0.25, 0.3) is 0 Å². The molecule has 0 radical (unpaired) electrons. The average Bonchev–Trinajstić information content (AvgIpc) is 1.93. The van der Waals surface area contributed by atoms with Gasteiger partial charge in [0.2, 0.25) is 0 Å². The van der Waals surface area contributed by atoms with Crippen molar-refractivity contribution in [2.24, 2.45) is 0 Å². The molecule has 0 heterocycles. The van der Waals surface area contributed by atoms with Gasteiger partial charge in [-0.2, -0.15) is 0 Å². The van der Waals surface area contributed by atoms with E-state index in [2.05, 4.69) is 0 Å². The molecule has 0 spiro atoms. The Morgan fingerprint density at radius 3 is 1.10 bits per heavy atom. The van der Waals surface area contributed by atoms with E-state index in [9.17, 15) is 0 Å². The Hall–Kier alpha value is 0.410. The van der Waals surface area contributed by atoms with Gasteiger partial charge < -0.3 is 9.46 Å². The Bertz CT molecular complexity index is 119. The van der Waals surface area contributed by atoms with E-state index < -0.39 is 8.69 Å². The molecule has 4 heteroatoms. The second kappa shape index (κ2) is 12.1. The van der Waals surface area contributed by atoms with Crippen molar-refractivity contribution < 1.29 is 39.0 Å². The summed E-state index contributed by atoms with van der Waals surface area (Å²) in [5, 5.41) is 0. The van der Waals surface area contributed by atoms with Crippen molar-refractivity contribution in [1.82, 2.24) is 0 Å². The minimum Gasteiger partial charge on any atom is -0.804 e. The first-order valence-corrected chi connectivity index (χ1v) is 3.41. The predicted molar refractivity (Wildman–Crippen MR) is 36.8 cm³/mol. The Labute approximate surface area is 83.9 Å². The summed E-state index contributed by atoms with van der Waals surface area (Å²) in [6.07, 6.45) is 0. The van der Waals surface area contributed by atoms with Crippen molar-refractivity contribution in [2.75, 3.05) is 0 Å². The SMILES string of the molecule is O=[PH2][O-].[Na+].c1ccccc1. The molecule has 1 aromatic carbocycles. The smallest absolute Gasteiger partial charge is 0.804 e. The Morgan fingerprint density at radius 2 is 1.00 bits per heavy atom. The molecular weight excluding hydrogens is 158 g/mol. The third-order valence-electron chi connectivity index (χ3n) is 0.667. The molecule has 2 nitrogen and oxygen atoms in total. The van der Waals surface area contributed by atoms with E-state index >= 15 is 0 Å². The van der Waals surface area contributed by atoms with Gasteiger partial charge in [-0.3, -0.25) is 0 Å². The zero-order valence-corrected chi connectivity index (χ0v) is 9.01. The normalized spacial score (nSPS) is 7.70. The van der Waals surface area contributed by atoms with E-state index in [4.69, 9.17) is 9.46 Å². The topological polar surface area (TPSA) is 40.1 Å². The summed E-state index contributed by atoms with van der Waals surface area (Å²) < 4.78 is 8.46. The average molecular weight is 166 g/mol. The molecule has 0 bridgehead atoms. The molecule has 0 aliphatic heterocycles. The Morgan fingerprint density at radius 1 is 0.900 bits per heavy atom. The van der Waals surface area contributed by atoms with Crippen molar-refractivity contribution in [3.63, 3.8) is 0 Å². The van der Waals surface area contributed by atoms with Crippen LogP contribution in [-0.2, 0) is 4.57 Å². The summed E-state index contributed by atoms with van der Waals surface area (Å²) in [5.41, 5.74) is 0. The third-order valence-corrected chi connectivity index (χ3v) is 0.667. The molecule has 0 saturated carbocycles. The zero-order valence-electron chi connectivity index (χ0n) is 5.86. The van der Waals surface area contributed by atoms with Crippen LogP contribution in [0.4, 0.5) is 0 Å². The monoisotopic (exact) mass is 166 g/mol. The molecule has 0 saturated heterocycles. The van der Waals surface area contributed by atoms with E-state index in [1.807, 2.05) is 36.4 Å². The van der Waals surface area contributed by atoms with Gasteiger partial charge in [-0.05, 0) is 8.69 Å². The van der Waals surface area contributed by atoms with Crippen LogP contribution in [0.5, 0.6) is 0 Å². The quantitative estimate of drug-likeness (QED) is 0.321. The van der Waals surface area contributed by atoms with Crippen molar-refractivity contribution in [1.29, 1.82) is 0 Å². The maximum Gasteiger partial charge on any atom is 1.00 e. The molecule has 0 aliphatic carbocycles. The molecule has 0 amide bonds. The standard InChI is InChI=1S/C6H6.Na.H3O2P/c1-2-4-6-5-3-1;;1-3-2/h1-6H;;3H2,(H,1,2)/q;+1;/p-1. The fourth-order valence-corrected chi connectivity index (χ4v) is 0.385. The molecule has 1 atom stereocenters. The van der Waals surface area contributed by atoms with Crippen LogP contribution in [0.1, 0.15) is 0 Å². The molecule has 0 aromatic heterocycles. The minimum absolute atomic E-state index is 0. The first-order valence-electron chi connectivity index (χ1n) is 2.47. The maximum atomic E-state index is 8.46. The van der Waals surface area contributed by atoms with E-state index in [1.54, 1.807) is 0 Å². The Kier molecular flexibility index (Phi) is 15.8. The molecule has 10 heavy (non-hydrogen) atoms. The van der Waals surface area contributed by atoms with Gasteiger partial charge in [-0.25, -0.2) is 0 Å². The predicted octanol–water partition coefficient (Wildman–Crippen LogP) is -2.29. The maximum absolute atomic E-state index is 8.46. The van der Waals surface area contributed by atoms with Crippen molar-refractivity contribution in [3.8, 4) is 0 Å². The molecular formula is C6H8NaO2P. The first-order chi connectivity index (χ1) is 4.41. The van der Waals surface area contributed by atoms with Crippen LogP contribution in [0.25, 0.3) is 0 Å². The summed E-state index contributed by atoms with van der Waals surface area (Å²) in [7, 11) is -1.75. The molecule has 50 valence electrons. The van der Waals surface area contributed by atoms with Crippen molar-refractivity contribution >= 4 is 8.69 Å². The fraction of sp³-hybridized carbons (Fsp3) is 0. The van der Waals surface area contributed by atoms with Crippen LogP contribution in [0.3, 0.4) is 0 Å². The Balaban J connectivity index is 0. The molecule has 1 aromatic rings. The first kappa shape index (κ1) is 13.0. The van der Waals surface area contributed by atoms with Gasteiger partial charge in [0.05, 0.1) is 0 Å². The van der Waals surface area contributed by atoms with E-state index in [0.717, 1.165) is 0 Å². The zero-order chi connectivity index (χ0) is 6.95. The molecule has 0 fully saturated rings. The van der Waals surface area contributed by atoms with Gasteiger partial charge in [-0.15, -0.1) is 0 Å². The number of benzene rings is 1. The van der Waals surface area contributed by atoms with Crippen LogP contribution in [0.2, 0.25) is 0 Å². The van der Waals surface area contributed by atoms with E-state index in [0.29, 0.717) is 0 Å². The van der Waals surface area contributed by atoms with Gasteiger partial charge in [-0.1, -0.05) is 36.4 Å². The summed E-state index contributed by atoms with van der Waals surface area (Å²) in [4.78, 5) is 8.46. The van der Waals surface area contributed by atoms with E-state index in [-0.39, 0.29) is 29.6 Å². The number of hydrogen-bond donors (Lipinski definition) is 0. The summed E-state index contributed by atoms with van der Waals surface area (Å²) in [5.74, 6) is 0. The second-order valence-electron chi connectivity index (χ2n) is 1.25. The third kappa shape index (κ3) is 11.2. The van der Waals surface area contributed by atoms with Crippen molar-refractivity contribution in [2.45, 2.75) is 0 Å². The summed E-state index contributed by atoms with van der Waals surface area (Å²) >= 11 is 0. The largest absolute Gasteiger partial charge is 1.00 e. The summed E-state index contributed by atoms with van der Waals surface area (Å²) in [6.45, 7) is 0. The van der Waals surface area contributed by atoms with Crippen LogP contribution in [0.15, 0.2) is 36.4 Å². The minimum atomic E-state index is -1.75. The fourth-order valence-electron chi connectivity index (χ4n) is 0.385. The van der Waals surface area contributed by atoms with Gasteiger partial charge in [0.1, 0.15) is 0 Å². The van der Waals surface area contributed by atoms with Crippen LogP contribution >= 0.6 is 8.69 Å². The van der Waals surface area contributed by atoms with Gasteiger partial charge >= 0.3 is 29.6 Å². The summed E-state index contributed by atoms with van der Waals surface area (Å²) in [6, 6.07) is 12.0. The molecule has 1 unspecified atom stereocenters. The molecule has 1 rings (SSSR count). The van der Waals surface area contributed by atoms with Crippen LogP contribution < -0.4 is 34.5 Å². The van der Waals surface area contributed by atoms with Gasteiger partial charge in [0.15, 0.2) is 0 Å². The van der Waals surface area contributed by atoms with Crippen LogP contribution in [0, 0.1) is 0 Å². The number of hydrogen-bond acceptors (Lipinski definition) is 2. The molecule has 0 N–H and O–H groups in total. The van der Waals surface area contributed by atoms with Crippen LogP contribution in [-0.4, -0.2) is 0 Å². The van der Waals surface area contributed by atoms with Crippen molar-refractivity contribution in [3.05, 3.63) is 36.4 Å².